The van der Waals surface area contributed by atoms with Gasteiger partial charge in [-0.05, 0) is 19.9 Å². The van der Waals surface area contributed by atoms with Crippen molar-refractivity contribution >= 4 is 12.4 Å². The van der Waals surface area contributed by atoms with E-state index in [1.165, 1.54) is 0 Å². The zero-order chi connectivity index (χ0) is 7.56. The van der Waals surface area contributed by atoms with Crippen LogP contribution in [0.2, 0.25) is 0 Å². The Morgan fingerprint density at radius 3 is 2.73 bits per heavy atom. The molecule has 0 saturated carbocycles. The van der Waals surface area contributed by atoms with Gasteiger partial charge < -0.3 is 5.73 Å². The number of hydrogen-bond donors (Lipinski definition) is 2. The van der Waals surface area contributed by atoms with Crippen LogP contribution in [-0.4, -0.2) is 16.2 Å². The van der Waals surface area contributed by atoms with E-state index in [9.17, 15) is 0 Å². The van der Waals surface area contributed by atoms with Gasteiger partial charge in [0.2, 0.25) is 0 Å². The summed E-state index contributed by atoms with van der Waals surface area (Å²) in [4.78, 5) is 0. The van der Waals surface area contributed by atoms with Crippen molar-refractivity contribution in [2.45, 2.75) is 26.3 Å². The van der Waals surface area contributed by atoms with Gasteiger partial charge in [0.25, 0.3) is 0 Å². The van der Waals surface area contributed by atoms with Gasteiger partial charge in [0.05, 0.1) is 5.69 Å². The molecule has 0 saturated heterocycles. The van der Waals surface area contributed by atoms with E-state index >= 15 is 0 Å². The largest absolute Gasteiger partial charge is 0.328 e. The first-order valence-electron chi connectivity index (χ1n) is 3.45. The molecule has 0 amide bonds. The summed E-state index contributed by atoms with van der Waals surface area (Å²) in [6.07, 6.45) is 0.852. The molecule has 1 rings (SSSR count). The average molecular weight is 176 g/mol. The fourth-order valence-electron chi connectivity index (χ4n) is 0.909. The summed E-state index contributed by atoms with van der Waals surface area (Å²) in [6, 6.07) is 2.21. The lowest BCUT2D eigenvalue weighted by molar-refractivity contribution is 0.719. The van der Waals surface area contributed by atoms with Crippen LogP contribution in [0.15, 0.2) is 6.07 Å². The van der Waals surface area contributed by atoms with Crippen LogP contribution in [-0.2, 0) is 6.42 Å². The third-order valence-electron chi connectivity index (χ3n) is 1.29. The van der Waals surface area contributed by atoms with Crippen molar-refractivity contribution in [2.75, 3.05) is 0 Å². The van der Waals surface area contributed by atoms with Gasteiger partial charge in [0.1, 0.15) is 0 Å². The summed E-state index contributed by atoms with van der Waals surface area (Å²) in [5, 5.41) is 6.92. The van der Waals surface area contributed by atoms with Gasteiger partial charge in [-0.15, -0.1) is 12.4 Å². The van der Waals surface area contributed by atoms with Crippen LogP contribution in [0.5, 0.6) is 0 Å². The highest BCUT2D eigenvalue weighted by Gasteiger charge is 1.99. The lowest BCUT2D eigenvalue weighted by Crippen LogP contribution is -2.17. The van der Waals surface area contributed by atoms with E-state index in [1.807, 2.05) is 19.9 Å². The van der Waals surface area contributed by atoms with E-state index in [0.29, 0.717) is 0 Å². The minimum atomic E-state index is 0. The van der Waals surface area contributed by atoms with Gasteiger partial charge in [-0.2, -0.15) is 5.10 Å². The van der Waals surface area contributed by atoms with Crippen LogP contribution >= 0.6 is 12.4 Å². The molecule has 1 aromatic rings. The highest BCUT2D eigenvalue weighted by molar-refractivity contribution is 5.85. The monoisotopic (exact) mass is 175 g/mol. The molecule has 0 bridgehead atoms. The van der Waals surface area contributed by atoms with E-state index in [-0.39, 0.29) is 18.4 Å². The zero-order valence-electron chi connectivity index (χ0n) is 6.79. The first-order chi connectivity index (χ1) is 4.68. The van der Waals surface area contributed by atoms with Gasteiger partial charge in [-0.25, -0.2) is 0 Å². The molecule has 0 aliphatic rings. The molecule has 1 aromatic heterocycles. The fourth-order valence-corrected chi connectivity index (χ4v) is 0.909. The van der Waals surface area contributed by atoms with E-state index in [1.54, 1.807) is 0 Å². The molecular formula is C7H14ClN3. The Balaban J connectivity index is 0.000001000. The van der Waals surface area contributed by atoms with E-state index in [0.717, 1.165) is 17.8 Å². The van der Waals surface area contributed by atoms with Crippen molar-refractivity contribution in [1.82, 2.24) is 10.2 Å². The third kappa shape index (κ3) is 3.39. The Hall–Kier alpha value is -0.540. The maximum atomic E-state index is 5.58. The summed E-state index contributed by atoms with van der Waals surface area (Å²) >= 11 is 0. The highest BCUT2D eigenvalue weighted by atomic mass is 35.5. The number of nitrogens with one attached hydrogen (secondary N) is 1. The maximum Gasteiger partial charge on any atom is 0.0640 e. The topological polar surface area (TPSA) is 54.7 Å². The van der Waals surface area contributed by atoms with Crippen LogP contribution in [0.1, 0.15) is 18.3 Å². The number of halogens is 1. The van der Waals surface area contributed by atoms with Gasteiger partial charge in [0, 0.05) is 18.2 Å². The SMILES string of the molecule is Cc1cc(CC(C)N)n[nH]1.Cl. The van der Waals surface area contributed by atoms with Crippen molar-refractivity contribution < 1.29 is 0 Å². The second kappa shape index (κ2) is 4.36. The van der Waals surface area contributed by atoms with Crippen LogP contribution in [0.3, 0.4) is 0 Å². The molecule has 1 unspecified atom stereocenters. The van der Waals surface area contributed by atoms with Gasteiger partial charge >= 0.3 is 0 Å². The van der Waals surface area contributed by atoms with Crippen molar-refractivity contribution in [2.24, 2.45) is 5.73 Å². The van der Waals surface area contributed by atoms with Crippen LogP contribution in [0.25, 0.3) is 0 Å². The molecule has 0 spiro atoms. The normalized spacial score (nSPS) is 12.3. The smallest absolute Gasteiger partial charge is 0.0640 e. The standard InChI is InChI=1S/C7H13N3.ClH/c1-5(8)3-7-4-6(2)9-10-7;/h4-5H,3,8H2,1-2H3,(H,9,10);1H. The van der Waals surface area contributed by atoms with Crippen molar-refractivity contribution in [3.8, 4) is 0 Å². The van der Waals surface area contributed by atoms with E-state index in [4.69, 9.17) is 5.73 Å². The predicted molar refractivity (Wildman–Crippen MR) is 47.9 cm³/mol. The summed E-state index contributed by atoms with van der Waals surface area (Å²) in [6.45, 7) is 3.96. The number of hydrogen-bond acceptors (Lipinski definition) is 2. The number of aryl methyl sites for hydroxylation is 1. The van der Waals surface area contributed by atoms with Crippen LogP contribution in [0.4, 0.5) is 0 Å². The van der Waals surface area contributed by atoms with E-state index in [2.05, 4.69) is 10.2 Å². The summed E-state index contributed by atoms with van der Waals surface area (Å²) in [5.74, 6) is 0. The quantitative estimate of drug-likeness (QED) is 0.706. The predicted octanol–water partition coefficient (Wildman–Crippen LogP) is 1.03. The Morgan fingerprint density at radius 2 is 2.36 bits per heavy atom. The first-order valence-corrected chi connectivity index (χ1v) is 3.45. The lowest BCUT2D eigenvalue weighted by atomic mass is 10.2. The maximum absolute atomic E-state index is 5.58. The number of nitrogens with zero attached hydrogens (tertiary/aromatic N) is 1. The second-order valence-electron chi connectivity index (χ2n) is 2.72. The molecule has 0 aliphatic carbocycles. The number of H-pyrrole nitrogens is 1. The molecule has 0 radical (unpaired) electrons. The first kappa shape index (κ1) is 10.5. The molecule has 3 nitrogen and oxygen atoms in total. The fraction of sp³-hybridized carbons (Fsp3) is 0.571. The Labute approximate surface area is 72.8 Å². The Morgan fingerprint density at radius 1 is 1.73 bits per heavy atom. The minimum Gasteiger partial charge on any atom is -0.328 e. The van der Waals surface area contributed by atoms with Crippen molar-refractivity contribution in [3.63, 3.8) is 0 Å². The van der Waals surface area contributed by atoms with Crippen LogP contribution < -0.4 is 5.73 Å². The van der Waals surface area contributed by atoms with Gasteiger partial charge in [0.15, 0.2) is 0 Å². The Kier molecular flexibility index (Phi) is 4.15. The number of aromatic amines is 1. The molecule has 1 atom stereocenters. The summed E-state index contributed by atoms with van der Waals surface area (Å²) in [7, 11) is 0. The number of nitrogens with two attached hydrogens (primary N) is 1. The molecular weight excluding hydrogens is 162 g/mol. The lowest BCUT2D eigenvalue weighted by Gasteiger charge is -1.98. The zero-order valence-corrected chi connectivity index (χ0v) is 7.61. The summed E-state index contributed by atoms with van der Waals surface area (Å²) < 4.78 is 0. The molecule has 0 fully saturated rings. The molecule has 1 heterocycles. The molecule has 4 heteroatoms. The molecule has 11 heavy (non-hydrogen) atoms. The van der Waals surface area contributed by atoms with Gasteiger partial charge in [-0.3, -0.25) is 5.10 Å². The molecule has 0 aliphatic heterocycles. The van der Waals surface area contributed by atoms with Gasteiger partial charge in [-0.1, -0.05) is 0 Å². The minimum absolute atomic E-state index is 0. The Bertz CT molecular complexity index is 207. The van der Waals surface area contributed by atoms with Crippen molar-refractivity contribution in [3.05, 3.63) is 17.5 Å². The number of aromatic nitrogens is 2. The van der Waals surface area contributed by atoms with Crippen LogP contribution in [0, 0.1) is 6.92 Å². The highest BCUT2D eigenvalue weighted by Crippen LogP contribution is 1.99. The van der Waals surface area contributed by atoms with E-state index < -0.39 is 0 Å². The third-order valence-corrected chi connectivity index (χ3v) is 1.29. The molecule has 0 aromatic carbocycles. The second-order valence-corrected chi connectivity index (χ2v) is 2.72. The molecule has 3 N–H and O–H groups in total. The molecule has 64 valence electrons. The number of rotatable bonds is 2. The summed E-state index contributed by atoms with van der Waals surface area (Å²) in [5.41, 5.74) is 7.72. The average Bonchev–Trinajstić information content (AvgIpc) is 2.13. The van der Waals surface area contributed by atoms with Crippen molar-refractivity contribution in [1.29, 1.82) is 0 Å².